The lowest BCUT2D eigenvalue weighted by Crippen LogP contribution is -2.60. The second-order valence-electron chi connectivity index (χ2n) is 7.67. The van der Waals surface area contributed by atoms with Crippen molar-refractivity contribution in [2.24, 2.45) is 11.5 Å². The summed E-state index contributed by atoms with van der Waals surface area (Å²) in [7, 11) is 0. The Hall–Kier alpha value is -3.16. The van der Waals surface area contributed by atoms with Gasteiger partial charge in [0.1, 0.15) is 18.1 Å². The van der Waals surface area contributed by atoms with Crippen molar-refractivity contribution >= 4 is 42.2 Å². The van der Waals surface area contributed by atoms with Gasteiger partial charge in [0, 0.05) is 18.6 Å². The lowest BCUT2D eigenvalue weighted by atomic mass is 10.0. The van der Waals surface area contributed by atoms with Crippen molar-refractivity contribution in [2.75, 3.05) is 5.75 Å². The molecule has 0 aliphatic carbocycles. The Labute approximate surface area is 202 Å². The summed E-state index contributed by atoms with van der Waals surface area (Å²) in [5.74, 6) is -4.60. The number of nitrogens with one attached hydrogen (secondary N) is 3. The molecule has 1 aromatic rings. The number of benzene rings is 1. The van der Waals surface area contributed by atoms with Gasteiger partial charge in [0.05, 0.1) is 12.1 Å². The quantitative estimate of drug-likeness (QED) is 0.130. The monoisotopic (exact) mass is 497 g/mol. The van der Waals surface area contributed by atoms with Gasteiger partial charge in [-0.2, -0.15) is 12.6 Å². The molecule has 0 spiro atoms. The van der Waals surface area contributed by atoms with Crippen LogP contribution in [0.3, 0.4) is 0 Å². The minimum absolute atomic E-state index is 0.0130. The lowest BCUT2D eigenvalue weighted by Gasteiger charge is -2.26. The second-order valence-corrected chi connectivity index (χ2v) is 8.04. The third-order valence-corrected chi connectivity index (χ3v) is 5.18. The van der Waals surface area contributed by atoms with Crippen molar-refractivity contribution in [3.05, 3.63) is 35.9 Å². The first kappa shape index (κ1) is 28.9. The molecule has 12 nitrogen and oxygen atoms in total. The van der Waals surface area contributed by atoms with Crippen molar-refractivity contribution in [2.45, 2.75) is 56.5 Å². The molecule has 0 aliphatic heterocycles. The molecule has 1 rings (SSSR count). The standard InChI is InChI=1S/C21H31N5O7S/c1-11(27)17(20(31)24-14(21(32)33)9-12-5-3-2-4-6-12)26-19(30)15(10-34)25-18(29)13(22)7-8-16(23)28/h2-6,11,13-15,17,27,34H,7-10,22H2,1H3,(H2,23,28)(H,24,31)(H,25,29)(H,26,30)(H,32,33). The number of aliphatic hydroxyl groups excluding tert-OH is 1. The number of primary amides is 1. The molecule has 5 atom stereocenters. The molecule has 0 radical (unpaired) electrons. The summed E-state index contributed by atoms with van der Waals surface area (Å²) in [4.78, 5) is 60.0. The molecular weight excluding hydrogens is 466 g/mol. The molecule has 4 amide bonds. The van der Waals surface area contributed by atoms with Crippen LogP contribution in [0.25, 0.3) is 0 Å². The van der Waals surface area contributed by atoms with Crippen molar-refractivity contribution < 1.29 is 34.2 Å². The van der Waals surface area contributed by atoms with E-state index in [0.29, 0.717) is 5.56 Å². The van der Waals surface area contributed by atoms with E-state index in [1.165, 1.54) is 6.92 Å². The van der Waals surface area contributed by atoms with Crippen LogP contribution in [0.15, 0.2) is 30.3 Å². The SMILES string of the molecule is CC(O)C(NC(=O)C(CS)NC(=O)C(N)CCC(N)=O)C(=O)NC(Cc1ccccc1)C(=O)O. The third kappa shape index (κ3) is 9.77. The highest BCUT2D eigenvalue weighted by Gasteiger charge is 2.32. The zero-order chi connectivity index (χ0) is 25.8. The molecule has 0 bridgehead atoms. The van der Waals surface area contributed by atoms with Gasteiger partial charge in [-0.3, -0.25) is 19.2 Å². The molecule has 5 unspecified atom stereocenters. The van der Waals surface area contributed by atoms with E-state index in [-0.39, 0.29) is 25.0 Å². The van der Waals surface area contributed by atoms with Crippen LogP contribution in [0.1, 0.15) is 25.3 Å². The number of aliphatic hydroxyl groups is 1. The molecule has 13 heteroatoms. The van der Waals surface area contributed by atoms with Gasteiger partial charge in [0.2, 0.25) is 23.6 Å². The summed E-state index contributed by atoms with van der Waals surface area (Å²) >= 11 is 4.02. The fourth-order valence-electron chi connectivity index (χ4n) is 2.87. The lowest BCUT2D eigenvalue weighted by molar-refractivity contribution is -0.143. The summed E-state index contributed by atoms with van der Waals surface area (Å²) in [6, 6.07) is 3.47. The number of carbonyl (C=O) groups excluding carboxylic acids is 4. The highest BCUT2D eigenvalue weighted by atomic mass is 32.1. The molecule has 0 aromatic heterocycles. The number of carbonyl (C=O) groups is 5. The normalized spacial score (nSPS) is 15.2. The molecule has 34 heavy (non-hydrogen) atoms. The molecule has 0 fully saturated rings. The van der Waals surface area contributed by atoms with E-state index in [1.807, 2.05) is 0 Å². The predicted octanol–water partition coefficient (Wildman–Crippen LogP) is -2.33. The molecule has 188 valence electrons. The Kier molecular flexibility index (Phi) is 12.0. The van der Waals surface area contributed by atoms with Gasteiger partial charge in [-0.15, -0.1) is 0 Å². The summed E-state index contributed by atoms with van der Waals surface area (Å²) in [6.45, 7) is 1.24. The van der Waals surface area contributed by atoms with E-state index in [2.05, 4.69) is 28.6 Å². The first-order valence-electron chi connectivity index (χ1n) is 10.5. The first-order chi connectivity index (χ1) is 16.0. The van der Waals surface area contributed by atoms with Crippen LogP contribution < -0.4 is 27.4 Å². The van der Waals surface area contributed by atoms with E-state index in [0.717, 1.165) is 0 Å². The van der Waals surface area contributed by atoms with Crippen LogP contribution in [0.5, 0.6) is 0 Å². The number of nitrogens with two attached hydrogens (primary N) is 2. The predicted molar refractivity (Wildman–Crippen MR) is 126 cm³/mol. The van der Waals surface area contributed by atoms with Crippen LogP contribution in [0.4, 0.5) is 0 Å². The van der Waals surface area contributed by atoms with Crippen LogP contribution in [-0.2, 0) is 30.4 Å². The first-order valence-corrected chi connectivity index (χ1v) is 11.1. The van der Waals surface area contributed by atoms with Gasteiger partial charge in [-0.25, -0.2) is 4.79 Å². The third-order valence-electron chi connectivity index (χ3n) is 4.81. The van der Waals surface area contributed by atoms with E-state index in [1.54, 1.807) is 30.3 Å². The van der Waals surface area contributed by atoms with Crippen LogP contribution in [-0.4, -0.2) is 75.8 Å². The van der Waals surface area contributed by atoms with E-state index in [9.17, 15) is 34.2 Å². The molecule has 0 heterocycles. The van der Waals surface area contributed by atoms with Gasteiger partial charge in [-0.05, 0) is 18.9 Å². The Morgan fingerprint density at radius 2 is 1.56 bits per heavy atom. The summed E-state index contributed by atoms with van der Waals surface area (Å²) < 4.78 is 0. The Morgan fingerprint density at radius 1 is 0.971 bits per heavy atom. The van der Waals surface area contributed by atoms with Crippen LogP contribution >= 0.6 is 12.6 Å². The molecule has 0 saturated carbocycles. The van der Waals surface area contributed by atoms with Crippen molar-refractivity contribution in [3.63, 3.8) is 0 Å². The van der Waals surface area contributed by atoms with Crippen molar-refractivity contribution in [1.82, 2.24) is 16.0 Å². The Morgan fingerprint density at radius 3 is 2.06 bits per heavy atom. The number of carboxylic acid groups (broad SMARTS) is 1. The van der Waals surface area contributed by atoms with E-state index >= 15 is 0 Å². The molecule has 0 saturated heterocycles. The Balaban J connectivity index is 2.82. The largest absolute Gasteiger partial charge is 0.480 e. The maximum Gasteiger partial charge on any atom is 0.326 e. The Bertz CT molecular complexity index is 868. The van der Waals surface area contributed by atoms with Gasteiger partial charge in [0.15, 0.2) is 0 Å². The van der Waals surface area contributed by atoms with E-state index < -0.39 is 59.9 Å². The molecule has 0 aliphatic rings. The average molecular weight is 498 g/mol. The number of hydrogen-bond donors (Lipinski definition) is 8. The highest BCUT2D eigenvalue weighted by molar-refractivity contribution is 7.80. The summed E-state index contributed by atoms with van der Waals surface area (Å²) in [5, 5.41) is 26.5. The molecule has 1 aromatic carbocycles. The number of aliphatic carboxylic acids is 1. The molecule has 9 N–H and O–H groups in total. The number of hydrogen-bond acceptors (Lipinski definition) is 8. The van der Waals surface area contributed by atoms with Crippen LogP contribution in [0, 0.1) is 0 Å². The number of thiol groups is 1. The fraction of sp³-hybridized carbons (Fsp3) is 0.476. The number of amides is 4. The number of rotatable bonds is 14. The van der Waals surface area contributed by atoms with E-state index in [4.69, 9.17) is 11.5 Å². The topological polar surface area (TPSA) is 214 Å². The highest BCUT2D eigenvalue weighted by Crippen LogP contribution is 2.05. The minimum Gasteiger partial charge on any atom is -0.480 e. The van der Waals surface area contributed by atoms with Crippen LogP contribution in [0.2, 0.25) is 0 Å². The maximum absolute atomic E-state index is 12.7. The fourth-order valence-corrected chi connectivity index (χ4v) is 3.13. The van der Waals surface area contributed by atoms with Gasteiger partial charge < -0.3 is 37.6 Å². The zero-order valence-electron chi connectivity index (χ0n) is 18.6. The summed E-state index contributed by atoms with van der Waals surface area (Å²) in [5.41, 5.74) is 11.4. The van der Waals surface area contributed by atoms with Crippen molar-refractivity contribution in [1.29, 1.82) is 0 Å². The zero-order valence-corrected chi connectivity index (χ0v) is 19.5. The summed E-state index contributed by atoms with van der Waals surface area (Å²) in [6.07, 6.45) is -1.55. The van der Waals surface area contributed by atoms with Crippen molar-refractivity contribution in [3.8, 4) is 0 Å². The second kappa shape index (κ2) is 14.2. The average Bonchev–Trinajstić information content (AvgIpc) is 2.78. The number of carboxylic acids is 1. The van der Waals surface area contributed by atoms with Gasteiger partial charge in [-0.1, -0.05) is 30.3 Å². The van der Waals surface area contributed by atoms with Gasteiger partial charge in [0.25, 0.3) is 0 Å². The molecular formula is C21H31N5O7S. The smallest absolute Gasteiger partial charge is 0.326 e. The minimum atomic E-state index is -1.51. The van der Waals surface area contributed by atoms with Gasteiger partial charge >= 0.3 is 5.97 Å². The maximum atomic E-state index is 12.7.